The number of carbonyl (C=O) groups is 2. The van der Waals surface area contributed by atoms with Gasteiger partial charge in [0.25, 0.3) is 5.91 Å². The van der Waals surface area contributed by atoms with Gasteiger partial charge in [0.15, 0.2) is 6.61 Å². The first-order valence-corrected chi connectivity index (χ1v) is 8.11. The third-order valence-electron chi connectivity index (χ3n) is 3.50. The lowest BCUT2D eigenvalue weighted by Crippen LogP contribution is -2.20. The second kappa shape index (κ2) is 8.73. The Morgan fingerprint density at radius 3 is 2.56 bits per heavy atom. The summed E-state index contributed by atoms with van der Waals surface area (Å²) in [5, 5.41) is 2.12. The number of anilines is 1. The number of ether oxygens (including phenoxy) is 1. The highest BCUT2D eigenvalue weighted by molar-refractivity contribution is 6.33. The predicted octanol–water partition coefficient (Wildman–Crippen LogP) is 4.86. The van der Waals surface area contributed by atoms with Crippen LogP contribution in [0.3, 0.4) is 0 Å². The third kappa shape index (κ3) is 6.14. The van der Waals surface area contributed by atoms with E-state index >= 15 is 0 Å². The van der Waals surface area contributed by atoms with Crippen molar-refractivity contribution in [2.24, 2.45) is 0 Å². The van der Waals surface area contributed by atoms with Crippen molar-refractivity contribution in [3.63, 3.8) is 0 Å². The highest BCUT2D eigenvalue weighted by Gasteiger charge is 2.31. The van der Waals surface area contributed by atoms with Crippen LogP contribution in [0, 0.1) is 6.92 Å². The van der Waals surface area contributed by atoms with Crippen LogP contribution in [0.25, 0.3) is 6.08 Å². The Bertz CT molecular complexity index is 879. The number of esters is 1. The van der Waals surface area contributed by atoms with Gasteiger partial charge in [-0.3, -0.25) is 4.79 Å². The second-order valence-electron chi connectivity index (χ2n) is 5.54. The molecule has 0 atom stereocenters. The molecule has 0 unspecified atom stereocenters. The summed E-state index contributed by atoms with van der Waals surface area (Å²) in [4.78, 5) is 23.5. The molecule has 0 fully saturated rings. The maximum atomic E-state index is 12.7. The van der Waals surface area contributed by atoms with E-state index in [2.05, 4.69) is 5.32 Å². The Hall–Kier alpha value is -2.80. The van der Waals surface area contributed by atoms with Crippen LogP contribution in [-0.2, 0) is 20.5 Å². The van der Waals surface area contributed by atoms with Crippen LogP contribution in [0.2, 0.25) is 5.02 Å². The van der Waals surface area contributed by atoms with Gasteiger partial charge in [0, 0.05) is 6.08 Å². The van der Waals surface area contributed by atoms with Gasteiger partial charge in [0.05, 0.1) is 16.3 Å². The topological polar surface area (TPSA) is 55.4 Å². The van der Waals surface area contributed by atoms with Gasteiger partial charge in [0.2, 0.25) is 0 Å². The summed E-state index contributed by atoms with van der Waals surface area (Å²) < 4.78 is 42.9. The average molecular weight is 398 g/mol. The van der Waals surface area contributed by atoms with Crippen molar-refractivity contribution in [3.8, 4) is 0 Å². The fourth-order valence-electron chi connectivity index (χ4n) is 2.10. The number of benzene rings is 2. The molecule has 2 rings (SSSR count). The van der Waals surface area contributed by atoms with E-state index < -0.39 is 30.2 Å². The van der Waals surface area contributed by atoms with E-state index in [4.69, 9.17) is 16.3 Å². The minimum absolute atomic E-state index is 0.0675. The maximum absolute atomic E-state index is 12.7. The highest BCUT2D eigenvalue weighted by atomic mass is 35.5. The van der Waals surface area contributed by atoms with E-state index in [9.17, 15) is 22.8 Å². The van der Waals surface area contributed by atoms with Gasteiger partial charge in [-0.25, -0.2) is 4.79 Å². The second-order valence-corrected chi connectivity index (χ2v) is 5.95. The first-order valence-electron chi connectivity index (χ1n) is 7.74. The number of halogens is 4. The van der Waals surface area contributed by atoms with E-state index in [1.54, 1.807) is 6.08 Å². The Kier molecular flexibility index (Phi) is 6.63. The van der Waals surface area contributed by atoms with Gasteiger partial charge >= 0.3 is 12.1 Å². The van der Waals surface area contributed by atoms with Gasteiger partial charge in [0.1, 0.15) is 0 Å². The molecule has 8 heteroatoms. The molecule has 0 saturated heterocycles. The summed E-state index contributed by atoms with van der Waals surface area (Å²) >= 11 is 5.78. The van der Waals surface area contributed by atoms with E-state index in [0.717, 1.165) is 29.3 Å². The van der Waals surface area contributed by atoms with Crippen LogP contribution in [0.4, 0.5) is 18.9 Å². The Morgan fingerprint density at radius 2 is 1.89 bits per heavy atom. The normalized spacial score (nSPS) is 11.4. The standard InChI is InChI=1S/C19H15ClF3NO3/c1-12-4-2-3-5-13(12)6-9-18(26)27-11-17(25)24-16-10-14(19(21,22)23)7-8-15(16)20/h2-10H,11H2,1H3,(H,24,25)/b9-6+. The molecule has 27 heavy (non-hydrogen) atoms. The van der Waals surface area contributed by atoms with Crippen LogP contribution in [0.5, 0.6) is 0 Å². The molecule has 0 radical (unpaired) electrons. The minimum Gasteiger partial charge on any atom is -0.452 e. The van der Waals surface area contributed by atoms with Crippen molar-refractivity contribution in [2.75, 3.05) is 11.9 Å². The van der Waals surface area contributed by atoms with E-state index in [1.165, 1.54) is 0 Å². The summed E-state index contributed by atoms with van der Waals surface area (Å²) in [6.07, 6.45) is -1.87. The number of hydrogen-bond donors (Lipinski definition) is 1. The van der Waals surface area contributed by atoms with Gasteiger partial charge in [-0.1, -0.05) is 35.9 Å². The SMILES string of the molecule is Cc1ccccc1/C=C/C(=O)OCC(=O)Nc1cc(C(F)(F)F)ccc1Cl. The number of aryl methyl sites for hydroxylation is 1. The van der Waals surface area contributed by atoms with Gasteiger partial charge < -0.3 is 10.1 Å². The Balaban J connectivity index is 1.93. The monoisotopic (exact) mass is 397 g/mol. The molecule has 2 aromatic rings. The van der Waals surface area contributed by atoms with Crippen molar-refractivity contribution in [3.05, 3.63) is 70.3 Å². The highest BCUT2D eigenvalue weighted by Crippen LogP contribution is 2.33. The molecule has 0 bridgehead atoms. The predicted molar refractivity (Wildman–Crippen MR) is 96.3 cm³/mol. The average Bonchev–Trinajstić information content (AvgIpc) is 2.60. The molecule has 0 aromatic heterocycles. The largest absolute Gasteiger partial charge is 0.452 e. The van der Waals surface area contributed by atoms with Crippen LogP contribution in [0.1, 0.15) is 16.7 Å². The molecular formula is C19H15ClF3NO3. The number of rotatable bonds is 5. The molecule has 0 spiro atoms. The van der Waals surface area contributed by atoms with Crippen LogP contribution in [0.15, 0.2) is 48.5 Å². The van der Waals surface area contributed by atoms with Gasteiger partial charge in [-0.15, -0.1) is 0 Å². The number of amides is 1. The molecule has 0 aliphatic rings. The minimum atomic E-state index is -4.57. The zero-order valence-electron chi connectivity index (χ0n) is 14.1. The Labute approximate surface area is 158 Å². The summed E-state index contributed by atoms with van der Waals surface area (Å²) in [6.45, 7) is 1.21. The van der Waals surface area contributed by atoms with E-state index in [-0.39, 0.29) is 10.7 Å². The van der Waals surface area contributed by atoms with Crippen LogP contribution in [-0.4, -0.2) is 18.5 Å². The lowest BCUT2D eigenvalue weighted by molar-refractivity contribution is -0.142. The first kappa shape index (κ1) is 20.5. The lowest BCUT2D eigenvalue weighted by atomic mass is 10.1. The summed E-state index contributed by atoms with van der Waals surface area (Å²) in [7, 11) is 0. The van der Waals surface area contributed by atoms with Crippen molar-refractivity contribution < 1.29 is 27.5 Å². The van der Waals surface area contributed by atoms with E-state index in [0.29, 0.717) is 6.07 Å². The quantitative estimate of drug-likeness (QED) is 0.579. The molecule has 1 N–H and O–H groups in total. The van der Waals surface area contributed by atoms with Gasteiger partial charge in [-0.2, -0.15) is 13.2 Å². The summed E-state index contributed by atoms with van der Waals surface area (Å²) in [5.74, 6) is -1.57. The first-order chi connectivity index (χ1) is 12.7. The van der Waals surface area contributed by atoms with Gasteiger partial charge in [-0.05, 0) is 42.3 Å². The van der Waals surface area contributed by atoms with Crippen molar-refractivity contribution in [2.45, 2.75) is 13.1 Å². The molecule has 0 aliphatic carbocycles. The molecule has 0 heterocycles. The fraction of sp³-hybridized carbons (Fsp3) is 0.158. The molecule has 2 aromatic carbocycles. The molecule has 142 valence electrons. The molecule has 0 saturated carbocycles. The molecule has 1 amide bonds. The smallest absolute Gasteiger partial charge is 0.416 e. The number of hydrogen-bond acceptors (Lipinski definition) is 3. The zero-order chi connectivity index (χ0) is 20.0. The number of carbonyl (C=O) groups excluding carboxylic acids is 2. The van der Waals surface area contributed by atoms with Crippen molar-refractivity contribution in [1.29, 1.82) is 0 Å². The number of alkyl halides is 3. The maximum Gasteiger partial charge on any atom is 0.416 e. The van der Waals surface area contributed by atoms with Crippen LogP contribution >= 0.6 is 11.6 Å². The third-order valence-corrected chi connectivity index (χ3v) is 3.83. The van der Waals surface area contributed by atoms with Crippen molar-refractivity contribution in [1.82, 2.24) is 0 Å². The summed E-state index contributed by atoms with van der Waals surface area (Å²) in [6, 6.07) is 9.88. The Morgan fingerprint density at radius 1 is 1.19 bits per heavy atom. The van der Waals surface area contributed by atoms with E-state index in [1.807, 2.05) is 31.2 Å². The fourth-order valence-corrected chi connectivity index (χ4v) is 2.26. The number of nitrogens with one attached hydrogen (secondary N) is 1. The van der Waals surface area contributed by atoms with Crippen LogP contribution < -0.4 is 5.32 Å². The lowest BCUT2D eigenvalue weighted by Gasteiger charge is -2.11. The molecular weight excluding hydrogens is 383 g/mol. The summed E-state index contributed by atoms with van der Waals surface area (Å²) in [5.41, 5.74) is 0.594. The molecule has 4 nitrogen and oxygen atoms in total. The van der Waals surface area contributed by atoms with Crippen molar-refractivity contribution >= 4 is 35.2 Å². The molecule has 0 aliphatic heterocycles. The zero-order valence-corrected chi connectivity index (χ0v) is 14.9.